The van der Waals surface area contributed by atoms with E-state index in [0.29, 0.717) is 10.6 Å². The molecule has 2 amide bonds. The number of carbonyl (C=O) groups is 3. The second kappa shape index (κ2) is 10.6. The quantitative estimate of drug-likeness (QED) is 0.666. The van der Waals surface area contributed by atoms with Crippen LogP contribution in [-0.2, 0) is 14.3 Å². The molecule has 0 saturated carbocycles. The van der Waals surface area contributed by atoms with E-state index in [9.17, 15) is 14.4 Å². The summed E-state index contributed by atoms with van der Waals surface area (Å²) < 4.78 is 4.87. The van der Waals surface area contributed by atoms with Crippen LogP contribution in [0.2, 0.25) is 5.02 Å². The smallest absolute Gasteiger partial charge is 0.308 e. The lowest BCUT2D eigenvalue weighted by Gasteiger charge is -2.12. The van der Waals surface area contributed by atoms with Gasteiger partial charge in [-0.05, 0) is 37.6 Å². The second-order valence-electron chi connectivity index (χ2n) is 5.43. The molecule has 0 saturated heterocycles. The molecule has 0 aliphatic rings. The SMILES string of the molecule is CCC[C@@H](C)NC(=O)COC(=O)CCNC(=O)c1ccc(Cl)cc1. The normalized spacial score (nSPS) is 11.5. The minimum atomic E-state index is -0.537. The first kappa shape index (κ1) is 20.0. The molecule has 0 unspecified atom stereocenters. The topological polar surface area (TPSA) is 84.5 Å². The maximum atomic E-state index is 11.8. The summed E-state index contributed by atoms with van der Waals surface area (Å²) in [4.78, 5) is 34.9. The highest BCUT2D eigenvalue weighted by molar-refractivity contribution is 6.30. The van der Waals surface area contributed by atoms with E-state index in [-0.39, 0.29) is 37.4 Å². The molecule has 6 nitrogen and oxygen atoms in total. The van der Waals surface area contributed by atoms with Crippen molar-refractivity contribution in [3.05, 3.63) is 34.9 Å². The van der Waals surface area contributed by atoms with Gasteiger partial charge < -0.3 is 15.4 Å². The number of esters is 1. The molecule has 0 radical (unpaired) electrons. The van der Waals surface area contributed by atoms with Gasteiger partial charge in [0.15, 0.2) is 6.61 Å². The van der Waals surface area contributed by atoms with Crippen LogP contribution in [0, 0.1) is 0 Å². The number of carbonyl (C=O) groups excluding carboxylic acids is 3. The minimum Gasteiger partial charge on any atom is -0.456 e. The number of nitrogens with one attached hydrogen (secondary N) is 2. The van der Waals surface area contributed by atoms with Crippen molar-refractivity contribution < 1.29 is 19.1 Å². The standard InChI is InChI=1S/C17H23ClN2O4/c1-3-4-12(2)20-15(21)11-24-16(22)9-10-19-17(23)13-5-7-14(18)8-6-13/h5-8,12H,3-4,9-11H2,1-2H3,(H,19,23)(H,20,21)/t12-/m1/s1. The molecule has 0 aliphatic carbocycles. The van der Waals surface area contributed by atoms with Crippen LogP contribution in [0.3, 0.4) is 0 Å². The van der Waals surface area contributed by atoms with Crippen LogP contribution in [0.5, 0.6) is 0 Å². The maximum Gasteiger partial charge on any atom is 0.308 e. The lowest BCUT2D eigenvalue weighted by molar-refractivity contribution is -0.148. The Hall–Kier alpha value is -2.08. The molecule has 0 spiro atoms. The van der Waals surface area contributed by atoms with Crippen molar-refractivity contribution >= 4 is 29.4 Å². The van der Waals surface area contributed by atoms with Crippen molar-refractivity contribution in [3.63, 3.8) is 0 Å². The highest BCUT2D eigenvalue weighted by Crippen LogP contribution is 2.09. The van der Waals surface area contributed by atoms with Gasteiger partial charge in [-0.1, -0.05) is 24.9 Å². The van der Waals surface area contributed by atoms with E-state index in [1.807, 2.05) is 13.8 Å². The molecular weight excluding hydrogens is 332 g/mol. The second-order valence-corrected chi connectivity index (χ2v) is 5.87. The largest absolute Gasteiger partial charge is 0.456 e. The summed E-state index contributed by atoms with van der Waals surface area (Å²) in [5.41, 5.74) is 0.456. The van der Waals surface area contributed by atoms with Gasteiger partial charge in [-0.2, -0.15) is 0 Å². The van der Waals surface area contributed by atoms with Crippen molar-refractivity contribution in [2.75, 3.05) is 13.2 Å². The first-order valence-corrected chi connectivity index (χ1v) is 8.29. The molecule has 0 fully saturated rings. The first-order chi connectivity index (χ1) is 11.4. The molecule has 132 valence electrons. The summed E-state index contributed by atoms with van der Waals surface area (Å²) in [6, 6.07) is 6.47. The molecule has 7 heteroatoms. The van der Waals surface area contributed by atoms with Gasteiger partial charge in [-0.3, -0.25) is 14.4 Å². The van der Waals surface area contributed by atoms with Gasteiger partial charge in [0.25, 0.3) is 11.8 Å². The predicted octanol–water partition coefficient (Wildman–Crippen LogP) is 2.31. The van der Waals surface area contributed by atoms with Crippen molar-refractivity contribution in [2.24, 2.45) is 0 Å². The van der Waals surface area contributed by atoms with Crippen LogP contribution in [0.1, 0.15) is 43.5 Å². The van der Waals surface area contributed by atoms with E-state index in [1.165, 1.54) is 0 Å². The number of rotatable bonds is 9. The number of hydrogen-bond donors (Lipinski definition) is 2. The average molecular weight is 355 g/mol. The zero-order valence-corrected chi connectivity index (χ0v) is 14.7. The van der Waals surface area contributed by atoms with Crippen LogP contribution in [-0.4, -0.2) is 37.0 Å². The number of amides is 2. The Kier molecular flexibility index (Phi) is 8.86. The van der Waals surface area contributed by atoms with Gasteiger partial charge in [0.2, 0.25) is 0 Å². The highest BCUT2D eigenvalue weighted by Gasteiger charge is 2.11. The van der Waals surface area contributed by atoms with Gasteiger partial charge in [0, 0.05) is 23.2 Å². The number of ether oxygens (including phenoxy) is 1. The zero-order valence-electron chi connectivity index (χ0n) is 13.9. The third-order valence-corrected chi connectivity index (χ3v) is 3.47. The molecule has 0 aromatic heterocycles. The predicted molar refractivity (Wildman–Crippen MR) is 91.9 cm³/mol. The Morgan fingerprint density at radius 1 is 1.21 bits per heavy atom. The van der Waals surface area contributed by atoms with Gasteiger partial charge in [-0.25, -0.2) is 0 Å². The summed E-state index contributed by atoms with van der Waals surface area (Å²) in [7, 11) is 0. The van der Waals surface area contributed by atoms with Gasteiger partial charge in [0.1, 0.15) is 0 Å². The molecule has 1 rings (SSSR count). The van der Waals surface area contributed by atoms with Gasteiger partial charge in [0.05, 0.1) is 6.42 Å². The number of benzene rings is 1. The van der Waals surface area contributed by atoms with Crippen LogP contribution in [0.15, 0.2) is 24.3 Å². The molecule has 1 aromatic carbocycles. The molecule has 24 heavy (non-hydrogen) atoms. The Morgan fingerprint density at radius 2 is 1.88 bits per heavy atom. The van der Waals surface area contributed by atoms with Crippen molar-refractivity contribution in [1.29, 1.82) is 0 Å². The summed E-state index contributed by atoms with van der Waals surface area (Å²) >= 11 is 5.75. The zero-order chi connectivity index (χ0) is 17.9. The van der Waals surface area contributed by atoms with E-state index in [4.69, 9.17) is 16.3 Å². The molecule has 0 aliphatic heterocycles. The number of halogens is 1. The monoisotopic (exact) mass is 354 g/mol. The Balaban J connectivity index is 2.20. The maximum absolute atomic E-state index is 11.8. The van der Waals surface area contributed by atoms with E-state index >= 15 is 0 Å². The summed E-state index contributed by atoms with van der Waals surface area (Å²) in [5.74, 6) is -1.16. The van der Waals surface area contributed by atoms with Crippen molar-refractivity contribution in [1.82, 2.24) is 10.6 Å². The van der Waals surface area contributed by atoms with Gasteiger partial charge in [-0.15, -0.1) is 0 Å². The average Bonchev–Trinajstić information content (AvgIpc) is 2.53. The Morgan fingerprint density at radius 3 is 2.50 bits per heavy atom. The van der Waals surface area contributed by atoms with Crippen LogP contribution >= 0.6 is 11.6 Å². The first-order valence-electron chi connectivity index (χ1n) is 7.91. The van der Waals surface area contributed by atoms with Crippen LogP contribution < -0.4 is 10.6 Å². The van der Waals surface area contributed by atoms with Crippen molar-refractivity contribution in [3.8, 4) is 0 Å². The highest BCUT2D eigenvalue weighted by atomic mass is 35.5. The van der Waals surface area contributed by atoms with Crippen LogP contribution in [0.4, 0.5) is 0 Å². The lowest BCUT2D eigenvalue weighted by atomic mass is 10.2. The lowest BCUT2D eigenvalue weighted by Crippen LogP contribution is -2.36. The fourth-order valence-electron chi connectivity index (χ4n) is 2.02. The van der Waals surface area contributed by atoms with E-state index in [1.54, 1.807) is 24.3 Å². The molecule has 1 atom stereocenters. The third kappa shape index (κ3) is 7.97. The van der Waals surface area contributed by atoms with E-state index in [2.05, 4.69) is 10.6 Å². The fraction of sp³-hybridized carbons (Fsp3) is 0.471. The van der Waals surface area contributed by atoms with E-state index in [0.717, 1.165) is 12.8 Å². The van der Waals surface area contributed by atoms with E-state index < -0.39 is 5.97 Å². The molecule has 2 N–H and O–H groups in total. The third-order valence-electron chi connectivity index (χ3n) is 3.21. The molecule has 1 aromatic rings. The van der Waals surface area contributed by atoms with Gasteiger partial charge >= 0.3 is 5.97 Å². The number of hydrogen-bond acceptors (Lipinski definition) is 4. The molecule has 0 heterocycles. The molecule has 0 bridgehead atoms. The summed E-state index contributed by atoms with van der Waals surface area (Å²) in [6.45, 7) is 3.75. The molecular formula is C17H23ClN2O4. The minimum absolute atomic E-state index is 0.00285. The summed E-state index contributed by atoms with van der Waals surface area (Å²) in [6.07, 6.45) is 1.84. The van der Waals surface area contributed by atoms with Crippen molar-refractivity contribution in [2.45, 2.75) is 39.2 Å². The van der Waals surface area contributed by atoms with Crippen LogP contribution in [0.25, 0.3) is 0 Å². The Bertz CT molecular complexity index is 560. The Labute approximate surface area is 146 Å². The fourth-order valence-corrected chi connectivity index (χ4v) is 2.15. The summed E-state index contributed by atoms with van der Waals surface area (Å²) in [5, 5.41) is 5.89.